The van der Waals surface area contributed by atoms with Gasteiger partial charge in [0, 0.05) is 0 Å². The molecule has 2 atom stereocenters. The molecule has 23 heavy (non-hydrogen) atoms. The molecule has 0 bridgehead atoms. The molecule has 140 valence electrons. The van der Waals surface area contributed by atoms with E-state index in [0.717, 1.165) is 12.8 Å². The van der Waals surface area contributed by atoms with Crippen molar-refractivity contribution in [3.8, 4) is 0 Å². The Labute approximate surface area is 145 Å². The summed E-state index contributed by atoms with van der Waals surface area (Å²) in [5.41, 5.74) is 5.58. The summed E-state index contributed by atoms with van der Waals surface area (Å²) < 4.78 is 0. The molecule has 0 rings (SSSR count). The van der Waals surface area contributed by atoms with E-state index in [1.165, 1.54) is 89.9 Å². The predicted molar refractivity (Wildman–Crippen MR) is 101 cm³/mol. The Balaban J connectivity index is 3.08. The van der Waals surface area contributed by atoms with Crippen LogP contribution in [0.3, 0.4) is 0 Å². The Bertz CT molecular complexity index is 224. The molecule has 0 spiro atoms. The van der Waals surface area contributed by atoms with Crippen LogP contribution < -0.4 is 5.73 Å². The molecule has 0 aliphatic carbocycles. The van der Waals surface area contributed by atoms with E-state index in [1.54, 1.807) is 0 Å². The van der Waals surface area contributed by atoms with Crippen molar-refractivity contribution in [2.75, 3.05) is 6.61 Å². The summed E-state index contributed by atoms with van der Waals surface area (Å²) in [5, 5.41) is 18.5. The summed E-state index contributed by atoms with van der Waals surface area (Å²) in [7, 11) is 0. The maximum absolute atomic E-state index is 9.64. The first-order valence-corrected chi connectivity index (χ1v) is 10.3. The van der Waals surface area contributed by atoms with Gasteiger partial charge < -0.3 is 15.9 Å². The first kappa shape index (κ1) is 22.9. The van der Waals surface area contributed by atoms with Crippen LogP contribution in [-0.4, -0.2) is 29.0 Å². The number of unbranched alkanes of at least 4 members (excludes halogenated alkanes) is 14. The highest BCUT2D eigenvalue weighted by Gasteiger charge is 2.12. The van der Waals surface area contributed by atoms with Gasteiger partial charge in [-0.3, -0.25) is 0 Å². The SMILES string of the molecule is CCCCCCCCCCCCCCCCC[C@H](O)[C@H](N)CO. The minimum Gasteiger partial charge on any atom is -0.395 e. The lowest BCUT2D eigenvalue weighted by atomic mass is 10.0. The average molecular weight is 330 g/mol. The van der Waals surface area contributed by atoms with Crippen LogP contribution in [0, 0.1) is 0 Å². The van der Waals surface area contributed by atoms with Crippen LogP contribution in [0.15, 0.2) is 0 Å². The number of nitrogens with two attached hydrogens (primary N) is 1. The summed E-state index contributed by atoms with van der Waals surface area (Å²) in [6.45, 7) is 2.15. The van der Waals surface area contributed by atoms with E-state index < -0.39 is 12.1 Å². The van der Waals surface area contributed by atoms with Gasteiger partial charge in [0.15, 0.2) is 0 Å². The largest absolute Gasteiger partial charge is 0.395 e. The molecule has 0 fully saturated rings. The molecule has 3 nitrogen and oxygen atoms in total. The minimum absolute atomic E-state index is 0.125. The second-order valence-electron chi connectivity index (χ2n) is 7.15. The number of hydrogen-bond donors (Lipinski definition) is 3. The van der Waals surface area contributed by atoms with Crippen molar-refractivity contribution in [2.45, 2.75) is 122 Å². The maximum atomic E-state index is 9.64. The normalized spacial score (nSPS) is 14.1. The molecular formula is C20H43NO2. The van der Waals surface area contributed by atoms with Crippen molar-refractivity contribution in [2.24, 2.45) is 5.73 Å². The Morgan fingerprint density at radius 1 is 0.652 bits per heavy atom. The molecule has 0 saturated heterocycles. The molecule has 0 heterocycles. The van der Waals surface area contributed by atoms with Crippen LogP contribution in [-0.2, 0) is 0 Å². The second-order valence-corrected chi connectivity index (χ2v) is 7.15. The van der Waals surface area contributed by atoms with E-state index in [-0.39, 0.29) is 6.61 Å². The third-order valence-electron chi connectivity index (χ3n) is 4.81. The molecule has 0 aliphatic heterocycles. The summed E-state index contributed by atoms with van der Waals surface area (Å²) in [4.78, 5) is 0. The Morgan fingerprint density at radius 3 is 1.35 bits per heavy atom. The highest BCUT2D eigenvalue weighted by molar-refractivity contribution is 4.70. The molecule has 0 unspecified atom stereocenters. The molecule has 0 aromatic rings. The van der Waals surface area contributed by atoms with E-state index in [1.807, 2.05) is 0 Å². The van der Waals surface area contributed by atoms with Crippen LogP contribution in [0.1, 0.15) is 110 Å². The van der Waals surface area contributed by atoms with E-state index in [2.05, 4.69) is 6.92 Å². The lowest BCUT2D eigenvalue weighted by Crippen LogP contribution is -2.37. The minimum atomic E-state index is -0.540. The Kier molecular flexibility index (Phi) is 18.1. The molecule has 0 radical (unpaired) electrons. The molecule has 0 aromatic heterocycles. The van der Waals surface area contributed by atoms with Gasteiger partial charge in [-0.25, -0.2) is 0 Å². The van der Waals surface area contributed by atoms with Crippen LogP contribution in [0.5, 0.6) is 0 Å². The quantitative estimate of drug-likeness (QED) is 0.312. The van der Waals surface area contributed by atoms with Gasteiger partial charge >= 0.3 is 0 Å². The van der Waals surface area contributed by atoms with Crippen LogP contribution >= 0.6 is 0 Å². The van der Waals surface area contributed by atoms with Crippen molar-refractivity contribution < 1.29 is 10.2 Å². The van der Waals surface area contributed by atoms with Crippen molar-refractivity contribution >= 4 is 0 Å². The van der Waals surface area contributed by atoms with Gasteiger partial charge in [-0.2, -0.15) is 0 Å². The van der Waals surface area contributed by atoms with Gasteiger partial charge in [-0.05, 0) is 6.42 Å². The third-order valence-corrected chi connectivity index (χ3v) is 4.81. The predicted octanol–water partition coefficient (Wildman–Crippen LogP) is 4.93. The fraction of sp³-hybridized carbons (Fsp3) is 1.00. The van der Waals surface area contributed by atoms with E-state index in [9.17, 15) is 5.11 Å². The van der Waals surface area contributed by atoms with Gasteiger partial charge in [-0.1, -0.05) is 103 Å². The zero-order chi connectivity index (χ0) is 17.2. The van der Waals surface area contributed by atoms with Gasteiger partial charge in [0.2, 0.25) is 0 Å². The fourth-order valence-corrected chi connectivity index (χ4v) is 3.06. The summed E-state index contributed by atoms with van der Waals surface area (Å²) in [6, 6.07) is -0.471. The topological polar surface area (TPSA) is 66.5 Å². The summed E-state index contributed by atoms with van der Waals surface area (Å²) >= 11 is 0. The van der Waals surface area contributed by atoms with Gasteiger partial charge in [-0.15, -0.1) is 0 Å². The number of aliphatic hydroxyl groups excluding tert-OH is 2. The second kappa shape index (κ2) is 18.2. The standard InChI is InChI=1S/C20H43NO2/c1-2-3-4-5-6-7-8-9-10-11-12-13-14-15-16-17-20(23)19(21)18-22/h19-20,22-23H,2-18,21H2,1H3/t19-,20+/m1/s1. The molecule has 0 aliphatic rings. The molecule has 0 saturated carbocycles. The fourth-order valence-electron chi connectivity index (χ4n) is 3.06. The zero-order valence-corrected chi connectivity index (χ0v) is 15.6. The molecule has 0 aromatic carbocycles. The molecule has 3 heteroatoms. The Hall–Kier alpha value is -0.120. The molecule has 0 amide bonds. The number of aliphatic hydroxyl groups is 2. The van der Waals surface area contributed by atoms with E-state index >= 15 is 0 Å². The lowest BCUT2D eigenvalue weighted by molar-refractivity contribution is 0.0990. The first-order chi connectivity index (χ1) is 11.2. The van der Waals surface area contributed by atoms with Crippen LogP contribution in [0.25, 0.3) is 0 Å². The summed E-state index contributed by atoms with van der Waals surface area (Å²) in [6.07, 6.45) is 20.4. The smallest absolute Gasteiger partial charge is 0.0713 e. The van der Waals surface area contributed by atoms with Crippen molar-refractivity contribution in [1.82, 2.24) is 0 Å². The van der Waals surface area contributed by atoms with E-state index in [4.69, 9.17) is 10.8 Å². The Morgan fingerprint density at radius 2 is 1.00 bits per heavy atom. The monoisotopic (exact) mass is 329 g/mol. The van der Waals surface area contributed by atoms with Crippen LogP contribution in [0.2, 0.25) is 0 Å². The molecular weight excluding hydrogens is 286 g/mol. The van der Waals surface area contributed by atoms with Crippen molar-refractivity contribution in [3.63, 3.8) is 0 Å². The van der Waals surface area contributed by atoms with Crippen molar-refractivity contribution in [3.05, 3.63) is 0 Å². The van der Waals surface area contributed by atoms with Gasteiger partial charge in [0.1, 0.15) is 0 Å². The van der Waals surface area contributed by atoms with Gasteiger partial charge in [0.25, 0.3) is 0 Å². The summed E-state index contributed by atoms with van der Waals surface area (Å²) in [5.74, 6) is 0. The highest BCUT2D eigenvalue weighted by atomic mass is 16.3. The molecule has 4 N–H and O–H groups in total. The van der Waals surface area contributed by atoms with E-state index in [0.29, 0.717) is 0 Å². The maximum Gasteiger partial charge on any atom is 0.0713 e. The number of hydrogen-bond acceptors (Lipinski definition) is 3. The average Bonchev–Trinajstić information content (AvgIpc) is 2.57. The van der Waals surface area contributed by atoms with Crippen molar-refractivity contribution in [1.29, 1.82) is 0 Å². The highest BCUT2D eigenvalue weighted by Crippen LogP contribution is 2.14. The van der Waals surface area contributed by atoms with Gasteiger partial charge in [0.05, 0.1) is 18.8 Å². The zero-order valence-electron chi connectivity index (χ0n) is 15.6. The van der Waals surface area contributed by atoms with Crippen LogP contribution in [0.4, 0.5) is 0 Å². The lowest BCUT2D eigenvalue weighted by Gasteiger charge is -2.15. The first-order valence-electron chi connectivity index (χ1n) is 10.3. The third kappa shape index (κ3) is 16.5. The number of rotatable bonds is 18.